The van der Waals surface area contributed by atoms with Crippen molar-refractivity contribution >= 4 is 51.0 Å². The lowest BCUT2D eigenvalue weighted by Crippen LogP contribution is -2.51. The molecule has 6 rings (SSSR count). The van der Waals surface area contributed by atoms with E-state index in [4.69, 9.17) is 16.6 Å². The molecule has 0 spiro atoms. The van der Waals surface area contributed by atoms with E-state index in [0.717, 1.165) is 16.3 Å². The first-order valence-corrected chi connectivity index (χ1v) is 14.5. The van der Waals surface area contributed by atoms with Crippen LogP contribution in [0.4, 0.5) is 5.82 Å². The van der Waals surface area contributed by atoms with Gasteiger partial charge in [-0.05, 0) is 59.5 Å². The van der Waals surface area contributed by atoms with E-state index >= 15 is 0 Å². The zero-order chi connectivity index (χ0) is 29.5. The number of amides is 2. The van der Waals surface area contributed by atoms with E-state index in [9.17, 15) is 19.5 Å². The Morgan fingerprint density at radius 2 is 1.83 bits per heavy atom. The predicted octanol–water partition coefficient (Wildman–Crippen LogP) is 4.64. The van der Waals surface area contributed by atoms with Crippen molar-refractivity contribution in [2.45, 2.75) is 32.4 Å². The summed E-state index contributed by atoms with van der Waals surface area (Å²) in [5, 5.41) is 16.1. The van der Waals surface area contributed by atoms with Gasteiger partial charge in [0, 0.05) is 57.2 Å². The number of phenolic OH excluding ortho intramolecular Hbond substituents is 1. The molecule has 0 saturated carbocycles. The Kier molecular flexibility index (Phi) is 7.36. The van der Waals surface area contributed by atoms with Gasteiger partial charge in [-0.25, -0.2) is 4.98 Å². The number of piperidine rings is 1. The van der Waals surface area contributed by atoms with Crippen molar-refractivity contribution in [3.05, 3.63) is 76.6 Å². The molecule has 0 aliphatic carbocycles. The Labute approximate surface area is 248 Å². The van der Waals surface area contributed by atoms with E-state index in [2.05, 4.69) is 11.9 Å². The third-order valence-corrected chi connectivity index (χ3v) is 8.65. The van der Waals surface area contributed by atoms with Gasteiger partial charge < -0.3 is 24.8 Å². The summed E-state index contributed by atoms with van der Waals surface area (Å²) >= 11 is 6.88. The highest BCUT2D eigenvalue weighted by Gasteiger charge is 2.31. The van der Waals surface area contributed by atoms with Crippen LogP contribution in [0.25, 0.3) is 32.9 Å². The van der Waals surface area contributed by atoms with Crippen molar-refractivity contribution in [3.63, 3.8) is 0 Å². The summed E-state index contributed by atoms with van der Waals surface area (Å²) in [6.07, 6.45) is 2.72. The number of fused-ring (bicyclic) bond motifs is 2. The maximum Gasteiger partial charge on any atom is 0.293 e. The van der Waals surface area contributed by atoms with Crippen molar-refractivity contribution in [1.29, 1.82) is 0 Å². The highest BCUT2D eigenvalue weighted by Crippen LogP contribution is 2.38. The van der Waals surface area contributed by atoms with Crippen LogP contribution in [0.3, 0.4) is 0 Å². The van der Waals surface area contributed by atoms with Crippen LogP contribution < -0.4 is 10.9 Å². The second-order valence-corrected chi connectivity index (χ2v) is 11.6. The summed E-state index contributed by atoms with van der Waals surface area (Å²) in [6, 6.07) is 14.8. The van der Waals surface area contributed by atoms with Crippen LogP contribution in [0.5, 0.6) is 5.75 Å². The fourth-order valence-corrected chi connectivity index (χ4v) is 6.31. The molecule has 1 aromatic heterocycles. The number of nitrogens with one attached hydrogen (secondary N) is 1. The maximum absolute atomic E-state index is 13.9. The van der Waals surface area contributed by atoms with Gasteiger partial charge in [0.2, 0.25) is 11.8 Å². The van der Waals surface area contributed by atoms with E-state index in [1.165, 1.54) is 6.08 Å². The van der Waals surface area contributed by atoms with E-state index in [-0.39, 0.29) is 40.9 Å². The number of hydrogen-bond acceptors (Lipinski definition) is 6. The molecular formula is C32H32ClN5O4. The molecule has 0 unspecified atom stereocenters. The number of hydrogen-bond donors (Lipinski definition) is 2. The molecule has 42 heavy (non-hydrogen) atoms. The topological polar surface area (TPSA) is 108 Å². The van der Waals surface area contributed by atoms with E-state index in [0.29, 0.717) is 67.2 Å². The Morgan fingerprint density at radius 3 is 2.55 bits per heavy atom. The van der Waals surface area contributed by atoms with Crippen LogP contribution in [-0.4, -0.2) is 68.5 Å². The standard InChI is InChI=1S/C32H32ClN5O4/c1-3-30(41)37-16-20(17-37)18-38-29-15-27(33)26(25-13-23(40)12-21-6-4-5-7-24(21)25)14-28(29)35-31(32(38)42)34-22-8-10-36(11-9-22)19(2)39/h3-7,12-15,20,22,40H,1,8-11,16-18H2,2H3,(H,34,35). The number of carbonyl (C=O) groups is 2. The lowest BCUT2D eigenvalue weighted by molar-refractivity contribution is -0.132. The van der Waals surface area contributed by atoms with Gasteiger partial charge in [0.05, 0.1) is 16.1 Å². The molecule has 3 aromatic carbocycles. The molecule has 3 heterocycles. The smallest absolute Gasteiger partial charge is 0.293 e. The summed E-state index contributed by atoms with van der Waals surface area (Å²) < 4.78 is 1.70. The molecule has 2 fully saturated rings. The first-order chi connectivity index (χ1) is 20.2. The molecular weight excluding hydrogens is 554 g/mol. The monoisotopic (exact) mass is 585 g/mol. The lowest BCUT2D eigenvalue weighted by Gasteiger charge is -2.39. The Morgan fingerprint density at radius 1 is 1.10 bits per heavy atom. The van der Waals surface area contributed by atoms with E-state index < -0.39 is 0 Å². The van der Waals surface area contributed by atoms with Gasteiger partial charge in [-0.1, -0.05) is 42.4 Å². The van der Waals surface area contributed by atoms with Crippen molar-refractivity contribution < 1.29 is 14.7 Å². The summed E-state index contributed by atoms with van der Waals surface area (Å²) in [5.41, 5.74) is 2.39. The zero-order valence-corrected chi connectivity index (χ0v) is 24.1. The first-order valence-electron chi connectivity index (χ1n) is 14.1. The predicted molar refractivity (Wildman–Crippen MR) is 165 cm³/mol. The minimum absolute atomic E-state index is 0.00195. The number of nitrogens with zero attached hydrogens (tertiary/aromatic N) is 4. The number of halogens is 1. The summed E-state index contributed by atoms with van der Waals surface area (Å²) in [4.78, 5) is 46.0. The second kappa shape index (κ2) is 11.1. The van der Waals surface area contributed by atoms with Crippen LogP contribution >= 0.6 is 11.6 Å². The highest BCUT2D eigenvalue weighted by atomic mass is 35.5. The number of aromatic nitrogens is 2. The fraction of sp³-hybridized carbons (Fsp3) is 0.312. The largest absolute Gasteiger partial charge is 0.508 e. The fourth-order valence-electron chi connectivity index (χ4n) is 6.05. The number of anilines is 1. The van der Waals surface area contributed by atoms with Crippen LogP contribution in [-0.2, 0) is 16.1 Å². The third kappa shape index (κ3) is 5.20. The van der Waals surface area contributed by atoms with Gasteiger partial charge in [0.25, 0.3) is 5.56 Å². The van der Waals surface area contributed by atoms with Crippen LogP contribution in [0, 0.1) is 5.92 Å². The van der Waals surface area contributed by atoms with Crippen LogP contribution in [0.15, 0.2) is 66.0 Å². The average Bonchev–Trinajstić information content (AvgIpc) is 2.95. The SMILES string of the molecule is C=CC(=O)N1CC(Cn2c(=O)c(NC3CCN(C(C)=O)CC3)nc3cc(-c4cc(O)cc5ccccc45)c(Cl)cc32)C1. The van der Waals surface area contributed by atoms with Gasteiger partial charge in [0.1, 0.15) is 5.75 Å². The van der Waals surface area contributed by atoms with Crippen molar-refractivity contribution in [1.82, 2.24) is 19.4 Å². The minimum Gasteiger partial charge on any atom is -0.508 e. The molecule has 0 radical (unpaired) electrons. The number of phenols is 1. The highest BCUT2D eigenvalue weighted by molar-refractivity contribution is 6.34. The average molecular weight is 586 g/mol. The second-order valence-electron chi connectivity index (χ2n) is 11.1. The van der Waals surface area contributed by atoms with Gasteiger partial charge >= 0.3 is 0 Å². The van der Waals surface area contributed by atoms with Gasteiger partial charge in [-0.3, -0.25) is 14.4 Å². The number of aromatic hydroxyl groups is 1. The van der Waals surface area contributed by atoms with Crippen LogP contribution in [0.1, 0.15) is 19.8 Å². The van der Waals surface area contributed by atoms with E-state index in [1.807, 2.05) is 35.2 Å². The molecule has 216 valence electrons. The third-order valence-electron chi connectivity index (χ3n) is 8.34. The molecule has 2 amide bonds. The lowest BCUT2D eigenvalue weighted by atomic mass is 9.97. The minimum atomic E-state index is -0.253. The number of likely N-dealkylation sites (tertiary alicyclic amines) is 2. The number of carbonyl (C=O) groups excluding carboxylic acids is 2. The zero-order valence-electron chi connectivity index (χ0n) is 23.3. The van der Waals surface area contributed by atoms with Crippen molar-refractivity contribution in [3.8, 4) is 16.9 Å². The Balaban J connectivity index is 1.42. The van der Waals surface area contributed by atoms with E-state index in [1.54, 1.807) is 34.6 Å². The maximum atomic E-state index is 13.9. The normalized spacial score (nSPS) is 16.0. The first kappa shape index (κ1) is 27.8. The number of benzene rings is 3. The number of rotatable bonds is 6. The molecule has 2 saturated heterocycles. The molecule has 9 nitrogen and oxygen atoms in total. The molecule has 2 aliphatic heterocycles. The van der Waals surface area contributed by atoms with Crippen LogP contribution in [0.2, 0.25) is 5.02 Å². The molecule has 0 atom stereocenters. The van der Waals surface area contributed by atoms with Gasteiger partial charge in [-0.15, -0.1) is 0 Å². The summed E-state index contributed by atoms with van der Waals surface area (Å²) in [6.45, 7) is 7.85. The molecule has 2 aliphatic rings. The quantitative estimate of drug-likeness (QED) is 0.319. The Bertz CT molecular complexity index is 1790. The molecule has 2 N–H and O–H groups in total. The molecule has 10 heteroatoms. The summed E-state index contributed by atoms with van der Waals surface area (Å²) in [7, 11) is 0. The van der Waals surface area contributed by atoms with Gasteiger partial charge in [-0.2, -0.15) is 0 Å². The van der Waals surface area contributed by atoms with Crippen molar-refractivity contribution in [2.24, 2.45) is 5.92 Å². The molecule has 0 bridgehead atoms. The van der Waals surface area contributed by atoms with Gasteiger partial charge in [0.15, 0.2) is 5.82 Å². The Hall–Kier alpha value is -4.37. The van der Waals surface area contributed by atoms with Crippen molar-refractivity contribution in [2.75, 3.05) is 31.5 Å². The molecule has 4 aromatic rings. The summed E-state index contributed by atoms with van der Waals surface area (Å²) in [5.74, 6) is 0.394.